The number of nitrogens with one attached hydrogen (secondary N) is 1. The lowest BCUT2D eigenvalue weighted by Gasteiger charge is -2.31. The molecule has 1 aromatic rings. The number of nitrogens with zero attached hydrogens (tertiary/aromatic N) is 1. The molecule has 0 spiro atoms. The van der Waals surface area contributed by atoms with Crippen LogP contribution in [0, 0.1) is 0 Å². The highest BCUT2D eigenvalue weighted by atomic mass is 32.2. The molecule has 2 heterocycles. The molecule has 2 atom stereocenters. The summed E-state index contributed by atoms with van der Waals surface area (Å²) in [7, 11) is -3.40. The van der Waals surface area contributed by atoms with Gasteiger partial charge in [0, 0.05) is 18.7 Å². The van der Waals surface area contributed by atoms with Gasteiger partial charge < -0.3 is 14.4 Å². The molecule has 0 radical (unpaired) electrons. The maximum absolute atomic E-state index is 12.3. The number of piperidine rings is 1. The predicted octanol–water partition coefficient (Wildman–Crippen LogP) is 3.07. The van der Waals surface area contributed by atoms with E-state index in [1.807, 2.05) is 39.0 Å². The summed E-state index contributed by atoms with van der Waals surface area (Å²) in [5, 5.41) is -0.513. The Morgan fingerprint density at radius 1 is 1.37 bits per heavy atom. The second kappa shape index (κ2) is 6.67. The molecule has 7 nitrogen and oxygen atoms in total. The van der Waals surface area contributed by atoms with Gasteiger partial charge in [0.15, 0.2) is 0 Å². The Morgan fingerprint density at radius 3 is 2.67 bits per heavy atom. The quantitative estimate of drug-likeness (QED) is 0.790. The van der Waals surface area contributed by atoms with E-state index in [0.29, 0.717) is 25.2 Å². The first kappa shape index (κ1) is 19.9. The van der Waals surface area contributed by atoms with Gasteiger partial charge in [-0.2, -0.15) is 0 Å². The zero-order chi connectivity index (χ0) is 20.0. The van der Waals surface area contributed by atoms with E-state index in [-0.39, 0.29) is 12.2 Å². The minimum absolute atomic E-state index is 0.101. The number of carbonyl (C=O) groups excluding carboxylic acids is 1. The third kappa shape index (κ3) is 4.21. The molecule has 2 saturated heterocycles. The van der Waals surface area contributed by atoms with Gasteiger partial charge in [-0.1, -0.05) is 12.1 Å². The third-order valence-corrected chi connectivity index (χ3v) is 6.60. The molecule has 2 unspecified atom stereocenters. The lowest BCUT2D eigenvalue weighted by atomic mass is 9.89. The summed E-state index contributed by atoms with van der Waals surface area (Å²) in [6.07, 6.45) is 0.220. The van der Waals surface area contributed by atoms with Gasteiger partial charge in [-0.3, -0.25) is 4.72 Å². The largest absolute Gasteiger partial charge is 0.444 e. The Kier molecular flexibility index (Phi) is 4.93. The molecule has 2 aliphatic rings. The van der Waals surface area contributed by atoms with Gasteiger partial charge in [0.25, 0.3) is 0 Å². The maximum Gasteiger partial charge on any atom is 0.410 e. The highest BCUT2D eigenvalue weighted by Gasteiger charge is 2.61. The van der Waals surface area contributed by atoms with E-state index in [4.69, 9.17) is 9.47 Å². The number of benzene rings is 1. The van der Waals surface area contributed by atoms with Gasteiger partial charge in [0.05, 0.1) is 11.8 Å². The normalized spacial score (nSPS) is 25.1. The van der Waals surface area contributed by atoms with Crippen LogP contribution in [0.1, 0.15) is 46.6 Å². The third-order valence-electron chi connectivity index (χ3n) is 4.84. The average Bonchev–Trinajstić information content (AvgIpc) is 3.28. The Hall–Kier alpha value is -1.80. The second-order valence-electron chi connectivity index (χ2n) is 8.45. The minimum Gasteiger partial charge on any atom is -0.444 e. The molecule has 1 amide bonds. The highest BCUT2D eigenvalue weighted by molar-refractivity contribution is 7.93. The van der Waals surface area contributed by atoms with Gasteiger partial charge >= 0.3 is 6.09 Å². The highest BCUT2D eigenvalue weighted by Crippen LogP contribution is 2.52. The first-order valence-electron chi connectivity index (χ1n) is 9.21. The van der Waals surface area contributed by atoms with Crippen molar-refractivity contribution >= 4 is 21.8 Å². The number of carbonyl (C=O) groups is 1. The fraction of sp³-hybridized carbons (Fsp3) is 0.632. The summed E-state index contributed by atoms with van der Waals surface area (Å²) in [5.74, 6) is 0. The number of epoxide rings is 1. The molecule has 2 fully saturated rings. The summed E-state index contributed by atoms with van der Waals surface area (Å²) in [6.45, 7) is 9.81. The zero-order valence-electron chi connectivity index (χ0n) is 16.5. The molecule has 3 rings (SSSR count). The zero-order valence-corrected chi connectivity index (χ0v) is 17.3. The van der Waals surface area contributed by atoms with Gasteiger partial charge in [-0.25, -0.2) is 13.2 Å². The molecule has 1 N–H and O–H groups in total. The molecule has 27 heavy (non-hydrogen) atoms. The average molecular weight is 397 g/mol. The van der Waals surface area contributed by atoms with Crippen molar-refractivity contribution in [1.29, 1.82) is 0 Å². The van der Waals surface area contributed by atoms with Crippen LogP contribution >= 0.6 is 0 Å². The summed E-state index contributed by atoms with van der Waals surface area (Å²) >= 11 is 0. The molecular formula is C19H28N2O5S. The van der Waals surface area contributed by atoms with Crippen molar-refractivity contribution in [2.75, 3.05) is 17.8 Å². The molecular weight excluding hydrogens is 368 g/mol. The number of anilines is 1. The van der Waals surface area contributed by atoms with Crippen LogP contribution in [0.4, 0.5) is 10.5 Å². The van der Waals surface area contributed by atoms with Crippen LogP contribution in [0.25, 0.3) is 0 Å². The van der Waals surface area contributed by atoms with Gasteiger partial charge in [0.1, 0.15) is 17.3 Å². The molecule has 150 valence electrons. The number of hydrogen-bond acceptors (Lipinski definition) is 5. The Balaban J connectivity index is 1.70. The minimum atomic E-state index is -3.40. The van der Waals surface area contributed by atoms with E-state index in [9.17, 15) is 13.2 Å². The van der Waals surface area contributed by atoms with Crippen LogP contribution < -0.4 is 4.72 Å². The van der Waals surface area contributed by atoms with Crippen molar-refractivity contribution < 1.29 is 22.7 Å². The number of amides is 1. The molecule has 1 aromatic carbocycles. The van der Waals surface area contributed by atoms with Crippen LogP contribution in [0.15, 0.2) is 24.3 Å². The van der Waals surface area contributed by atoms with Crippen molar-refractivity contribution in [3.8, 4) is 0 Å². The summed E-state index contributed by atoms with van der Waals surface area (Å²) in [6, 6.07) is 7.31. The number of fused-ring (bicyclic) bond motifs is 1. The van der Waals surface area contributed by atoms with Gasteiger partial charge in [-0.05, 0) is 52.3 Å². The van der Waals surface area contributed by atoms with Crippen molar-refractivity contribution in [2.24, 2.45) is 0 Å². The lowest BCUT2D eigenvalue weighted by Crippen LogP contribution is -2.44. The predicted molar refractivity (Wildman–Crippen MR) is 103 cm³/mol. The lowest BCUT2D eigenvalue weighted by molar-refractivity contribution is 0.0217. The SMILES string of the molecule is CC(C)S(=O)(=O)Nc1cccc(C23CCN(C(=O)OC(C)(C)C)CC2O3)c1. The molecule has 0 aromatic heterocycles. The van der Waals surface area contributed by atoms with E-state index in [2.05, 4.69) is 4.72 Å². The van der Waals surface area contributed by atoms with Crippen LogP contribution in [0.2, 0.25) is 0 Å². The van der Waals surface area contributed by atoms with Crippen LogP contribution in [-0.2, 0) is 25.1 Å². The van der Waals surface area contributed by atoms with Crippen LogP contribution in [0.5, 0.6) is 0 Å². The summed E-state index contributed by atoms with van der Waals surface area (Å²) < 4.78 is 38.2. The van der Waals surface area contributed by atoms with Crippen molar-refractivity contribution in [2.45, 2.75) is 63.6 Å². The first-order valence-corrected chi connectivity index (χ1v) is 10.8. The summed E-state index contributed by atoms with van der Waals surface area (Å²) in [5.41, 5.74) is 0.482. The van der Waals surface area contributed by atoms with E-state index in [0.717, 1.165) is 5.56 Å². The molecule has 0 saturated carbocycles. The summed E-state index contributed by atoms with van der Waals surface area (Å²) in [4.78, 5) is 13.9. The topological polar surface area (TPSA) is 88.2 Å². The molecule has 2 aliphatic heterocycles. The monoisotopic (exact) mass is 396 g/mol. The van der Waals surface area contributed by atoms with Crippen molar-refractivity contribution in [3.05, 3.63) is 29.8 Å². The number of rotatable bonds is 4. The fourth-order valence-corrected chi connectivity index (χ4v) is 3.93. The van der Waals surface area contributed by atoms with E-state index >= 15 is 0 Å². The number of ether oxygens (including phenoxy) is 2. The van der Waals surface area contributed by atoms with Crippen LogP contribution in [0.3, 0.4) is 0 Å². The standard InChI is InChI=1S/C19H28N2O5S/c1-13(2)27(23,24)20-15-8-6-7-14(11-15)19-9-10-21(12-16(19)25-19)17(22)26-18(3,4)5/h6-8,11,13,16,20H,9-10,12H2,1-5H3. The van der Waals surface area contributed by atoms with Gasteiger partial charge in [-0.15, -0.1) is 0 Å². The fourth-order valence-electron chi connectivity index (χ4n) is 3.24. The molecule has 0 aliphatic carbocycles. The Bertz CT molecular complexity index is 831. The Labute approximate surface area is 161 Å². The van der Waals surface area contributed by atoms with Crippen molar-refractivity contribution in [1.82, 2.24) is 4.90 Å². The Morgan fingerprint density at radius 2 is 2.07 bits per heavy atom. The second-order valence-corrected chi connectivity index (χ2v) is 10.7. The number of sulfonamides is 1. The smallest absolute Gasteiger partial charge is 0.410 e. The number of likely N-dealkylation sites (tertiary alicyclic amines) is 1. The van der Waals surface area contributed by atoms with Gasteiger partial charge in [0.2, 0.25) is 10.0 Å². The van der Waals surface area contributed by atoms with Crippen molar-refractivity contribution in [3.63, 3.8) is 0 Å². The van der Waals surface area contributed by atoms with Crippen LogP contribution in [-0.4, -0.2) is 49.5 Å². The molecule has 8 heteroatoms. The molecule has 0 bridgehead atoms. The van der Waals surface area contributed by atoms with E-state index < -0.39 is 26.5 Å². The van der Waals surface area contributed by atoms with E-state index in [1.54, 1.807) is 24.8 Å². The first-order chi connectivity index (χ1) is 12.4. The van der Waals surface area contributed by atoms with E-state index in [1.165, 1.54) is 0 Å². The number of hydrogen-bond donors (Lipinski definition) is 1. The maximum atomic E-state index is 12.3.